The second-order valence-corrected chi connectivity index (χ2v) is 8.67. The first-order valence-electron chi connectivity index (χ1n) is 10.3. The Morgan fingerprint density at radius 3 is 2.59 bits per heavy atom. The summed E-state index contributed by atoms with van der Waals surface area (Å²) < 4.78 is 0. The summed E-state index contributed by atoms with van der Waals surface area (Å²) in [7, 11) is 0. The number of amides is 2. The molecule has 0 saturated carbocycles. The van der Waals surface area contributed by atoms with E-state index in [1.807, 2.05) is 23.1 Å². The Labute approximate surface area is 163 Å². The van der Waals surface area contributed by atoms with Crippen molar-refractivity contribution >= 4 is 11.8 Å². The first kappa shape index (κ1) is 19.9. The summed E-state index contributed by atoms with van der Waals surface area (Å²) in [4.78, 5) is 29.4. The fraction of sp³-hybridized carbons (Fsp3) is 0.636. The molecule has 2 aliphatic rings. The topological polar surface area (TPSA) is 52.7 Å². The van der Waals surface area contributed by atoms with Gasteiger partial charge in [0, 0.05) is 31.6 Å². The standard InChI is InChI=1S/C22H33N3O2/c1-22(2,17-24-13-6-7-14-24)23-21(27)19-10-11-20(26)25(16-19)15-12-18-8-4-3-5-9-18/h3-5,8-9,19H,6-7,10-17H2,1-2H3,(H,23,27). The maximum atomic E-state index is 12.8. The van der Waals surface area contributed by atoms with Gasteiger partial charge in [-0.3, -0.25) is 9.59 Å². The van der Waals surface area contributed by atoms with Gasteiger partial charge in [-0.15, -0.1) is 0 Å². The molecule has 148 valence electrons. The van der Waals surface area contributed by atoms with Crippen LogP contribution in [0, 0.1) is 5.92 Å². The van der Waals surface area contributed by atoms with E-state index < -0.39 is 0 Å². The van der Waals surface area contributed by atoms with Crippen LogP contribution in [0.25, 0.3) is 0 Å². The molecule has 5 heteroatoms. The van der Waals surface area contributed by atoms with Crippen molar-refractivity contribution in [1.29, 1.82) is 0 Å². The van der Waals surface area contributed by atoms with Crippen LogP contribution >= 0.6 is 0 Å². The highest BCUT2D eigenvalue weighted by atomic mass is 16.2. The number of carbonyl (C=O) groups is 2. The molecule has 2 heterocycles. The molecule has 2 aliphatic heterocycles. The highest BCUT2D eigenvalue weighted by molar-refractivity contribution is 5.84. The molecule has 0 radical (unpaired) electrons. The average molecular weight is 372 g/mol. The molecule has 27 heavy (non-hydrogen) atoms. The SMILES string of the molecule is CC(C)(CN1CCCC1)NC(=O)C1CCC(=O)N(CCc2ccccc2)C1. The fourth-order valence-electron chi connectivity index (χ4n) is 4.23. The van der Waals surface area contributed by atoms with Crippen LogP contribution in [0.1, 0.15) is 45.1 Å². The first-order chi connectivity index (χ1) is 12.9. The average Bonchev–Trinajstić information content (AvgIpc) is 3.13. The number of rotatable bonds is 7. The summed E-state index contributed by atoms with van der Waals surface area (Å²) in [6, 6.07) is 10.2. The van der Waals surface area contributed by atoms with E-state index in [-0.39, 0.29) is 23.3 Å². The zero-order valence-electron chi connectivity index (χ0n) is 16.7. The van der Waals surface area contributed by atoms with Crippen molar-refractivity contribution < 1.29 is 9.59 Å². The highest BCUT2D eigenvalue weighted by Gasteiger charge is 2.33. The van der Waals surface area contributed by atoms with Gasteiger partial charge in [-0.2, -0.15) is 0 Å². The van der Waals surface area contributed by atoms with Crippen LogP contribution < -0.4 is 5.32 Å². The quantitative estimate of drug-likeness (QED) is 0.801. The van der Waals surface area contributed by atoms with Gasteiger partial charge in [0.2, 0.25) is 11.8 Å². The number of piperidine rings is 1. The first-order valence-corrected chi connectivity index (χ1v) is 10.3. The van der Waals surface area contributed by atoms with Gasteiger partial charge in [-0.1, -0.05) is 30.3 Å². The highest BCUT2D eigenvalue weighted by Crippen LogP contribution is 2.20. The van der Waals surface area contributed by atoms with Gasteiger partial charge in [0.25, 0.3) is 0 Å². The number of hydrogen-bond acceptors (Lipinski definition) is 3. The maximum absolute atomic E-state index is 12.8. The van der Waals surface area contributed by atoms with E-state index >= 15 is 0 Å². The number of nitrogens with one attached hydrogen (secondary N) is 1. The molecular formula is C22H33N3O2. The predicted octanol–water partition coefficient (Wildman–Crippen LogP) is 2.46. The molecule has 5 nitrogen and oxygen atoms in total. The third-order valence-corrected chi connectivity index (χ3v) is 5.66. The van der Waals surface area contributed by atoms with Crippen molar-refractivity contribution in [3.8, 4) is 0 Å². The number of hydrogen-bond donors (Lipinski definition) is 1. The van der Waals surface area contributed by atoms with E-state index in [9.17, 15) is 9.59 Å². The maximum Gasteiger partial charge on any atom is 0.225 e. The molecule has 0 aliphatic carbocycles. The van der Waals surface area contributed by atoms with Gasteiger partial charge in [0.1, 0.15) is 0 Å². The van der Waals surface area contributed by atoms with Crippen molar-refractivity contribution in [3.05, 3.63) is 35.9 Å². The smallest absolute Gasteiger partial charge is 0.225 e. The summed E-state index contributed by atoms with van der Waals surface area (Å²) in [5.74, 6) is 0.166. The third-order valence-electron chi connectivity index (χ3n) is 5.66. The van der Waals surface area contributed by atoms with Crippen molar-refractivity contribution in [2.45, 2.75) is 51.5 Å². The minimum Gasteiger partial charge on any atom is -0.350 e. The van der Waals surface area contributed by atoms with Gasteiger partial charge >= 0.3 is 0 Å². The Hall–Kier alpha value is -1.88. The Morgan fingerprint density at radius 2 is 1.89 bits per heavy atom. The van der Waals surface area contributed by atoms with Crippen molar-refractivity contribution in [2.24, 2.45) is 5.92 Å². The van der Waals surface area contributed by atoms with Crippen molar-refractivity contribution in [1.82, 2.24) is 15.1 Å². The molecule has 0 spiro atoms. The summed E-state index contributed by atoms with van der Waals surface area (Å²) in [6.07, 6.45) is 4.48. The summed E-state index contributed by atoms with van der Waals surface area (Å²) in [6.45, 7) is 8.58. The Balaban J connectivity index is 1.51. The van der Waals surface area contributed by atoms with Crippen LogP contribution in [-0.4, -0.2) is 59.9 Å². The lowest BCUT2D eigenvalue weighted by atomic mass is 9.94. The minimum absolute atomic E-state index is 0.0939. The molecule has 2 amide bonds. The second kappa shape index (κ2) is 8.87. The molecule has 1 N–H and O–H groups in total. The molecule has 0 bridgehead atoms. The van der Waals surface area contributed by atoms with E-state index in [2.05, 4.69) is 36.2 Å². The Bertz CT molecular complexity index is 638. The second-order valence-electron chi connectivity index (χ2n) is 8.67. The van der Waals surface area contributed by atoms with Crippen LogP contribution in [0.5, 0.6) is 0 Å². The molecular weight excluding hydrogens is 338 g/mol. The molecule has 2 saturated heterocycles. The van der Waals surface area contributed by atoms with E-state index in [0.29, 0.717) is 25.9 Å². The zero-order chi connectivity index (χ0) is 19.3. The minimum atomic E-state index is -0.238. The molecule has 1 atom stereocenters. The molecule has 1 aromatic carbocycles. The number of benzene rings is 1. The lowest BCUT2D eigenvalue weighted by Gasteiger charge is -2.36. The fourth-order valence-corrected chi connectivity index (χ4v) is 4.23. The van der Waals surface area contributed by atoms with Gasteiger partial charge < -0.3 is 15.1 Å². The van der Waals surface area contributed by atoms with Crippen LogP contribution in [0.15, 0.2) is 30.3 Å². The van der Waals surface area contributed by atoms with E-state index in [0.717, 1.165) is 26.1 Å². The molecule has 1 unspecified atom stereocenters. The van der Waals surface area contributed by atoms with Gasteiger partial charge in [0.05, 0.1) is 5.92 Å². The van der Waals surface area contributed by atoms with E-state index in [1.54, 1.807) is 0 Å². The van der Waals surface area contributed by atoms with Gasteiger partial charge in [0.15, 0.2) is 0 Å². The predicted molar refractivity (Wildman–Crippen MR) is 107 cm³/mol. The van der Waals surface area contributed by atoms with Crippen LogP contribution in [0.2, 0.25) is 0 Å². The monoisotopic (exact) mass is 371 g/mol. The number of carbonyl (C=O) groups excluding carboxylic acids is 2. The normalized spacial score (nSPS) is 21.5. The Morgan fingerprint density at radius 1 is 1.19 bits per heavy atom. The number of nitrogens with zero attached hydrogens (tertiary/aromatic N) is 2. The van der Waals surface area contributed by atoms with Crippen LogP contribution in [-0.2, 0) is 16.0 Å². The largest absolute Gasteiger partial charge is 0.350 e. The van der Waals surface area contributed by atoms with E-state index in [1.165, 1.54) is 18.4 Å². The van der Waals surface area contributed by atoms with Gasteiger partial charge in [-0.25, -0.2) is 0 Å². The van der Waals surface area contributed by atoms with Gasteiger partial charge in [-0.05, 0) is 58.2 Å². The number of likely N-dealkylation sites (tertiary alicyclic amines) is 2. The lowest BCUT2D eigenvalue weighted by molar-refractivity contribution is -0.138. The summed E-state index contributed by atoms with van der Waals surface area (Å²) >= 11 is 0. The van der Waals surface area contributed by atoms with Crippen molar-refractivity contribution in [3.63, 3.8) is 0 Å². The third kappa shape index (κ3) is 5.80. The van der Waals surface area contributed by atoms with Crippen molar-refractivity contribution in [2.75, 3.05) is 32.7 Å². The molecule has 3 rings (SSSR count). The lowest BCUT2D eigenvalue weighted by Crippen LogP contribution is -2.55. The van der Waals surface area contributed by atoms with Crippen LogP contribution in [0.4, 0.5) is 0 Å². The Kier molecular flexibility index (Phi) is 6.53. The molecule has 1 aromatic rings. The van der Waals surface area contributed by atoms with Crippen LogP contribution in [0.3, 0.4) is 0 Å². The summed E-state index contributed by atoms with van der Waals surface area (Å²) in [5.41, 5.74) is 0.987. The molecule has 2 fully saturated rings. The zero-order valence-corrected chi connectivity index (χ0v) is 16.7. The summed E-state index contributed by atoms with van der Waals surface area (Å²) in [5, 5.41) is 3.24. The molecule has 0 aromatic heterocycles. The van der Waals surface area contributed by atoms with E-state index in [4.69, 9.17) is 0 Å².